The second kappa shape index (κ2) is 10.4. The monoisotopic (exact) mass is 442 g/mol. The van der Waals surface area contributed by atoms with E-state index in [-0.39, 0.29) is 31.4 Å². The lowest BCUT2D eigenvalue weighted by Gasteiger charge is -2.20. The van der Waals surface area contributed by atoms with E-state index in [9.17, 15) is 14.7 Å². The molecule has 1 aliphatic rings. The number of carbonyl (C=O) groups excluding carboxylic acids is 2. The average Bonchev–Trinajstić information content (AvgIpc) is 3.18. The highest BCUT2D eigenvalue weighted by molar-refractivity contribution is 6.00. The van der Waals surface area contributed by atoms with Gasteiger partial charge in [-0.05, 0) is 43.2 Å². The van der Waals surface area contributed by atoms with Crippen molar-refractivity contribution in [2.75, 3.05) is 38.8 Å². The summed E-state index contributed by atoms with van der Waals surface area (Å²) in [6, 6.07) is 11.0. The zero-order valence-electron chi connectivity index (χ0n) is 18.9. The summed E-state index contributed by atoms with van der Waals surface area (Å²) in [7, 11) is 3.03. The Morgan fingerprint density at radius 1 is 1.16 bits per heavy atom. The molecular weight excluding hydrogens is 412 g/mol. The normalized spacial score (nSPS) is 16.6. The van der Waals surface area contributed by atoms with E-state index < -0.39 is 12.0 Å². The number of nitrogens with one attached hydrogen (secondary N) is 1. The number of aryl methyl sites for hydroxylation is 1. The Labute approximate surface area is 188 Å². The van der Waals surface area contributed by atoms with E-state index in [1.807, 2.05) is 32.0 Å². The van der Waals surface area contributed by atoms with E-state index in [0.29, 0.717) is 23.8 Å². The summed E-state index contributed by atoms with van der Waals surface area (Å²) in [4.78, 5) is 26.8. The van der Waals surface area contributed by atoms with E-state index in [1.54, 1.807) is 23.1 Å². The molecule has 1 saturated heterocycles. The SMILES string of the molecule is COc1cccc(OC)c1OCC(O)CNC(=O)C1CC(=O)N(c2cccc(C)c2C)C1. The standard InChI is InChI=1S/C24H30N2O6/c1-15-7-5-8-19(16(15)2)26-13-17(11-22(26)28)24(29)25-12-18(27)14-32-23-20(30-3)9-6-10-21(23)31-4/h5-10,17-18,27H,11-14H2,1-4H3,(H,25,29). The van der Waals surface area contributed by atoms with Gasteiger partial charge in [-0.15, -0.1) is 0 Å². The zero-order valence-corrected chi connectivity index (χ0v) is 18.9. The van der Waals surface area contributed by atoms with Gasteiger partial charge in [0.25, 0.3) is 0 Å². The summed E-state index contributed by atoms with van der Waals surface area (Å²) in [6.07, 6.45) is -0.801. The predicted octanol–water partition coefficient (Wildman–Crippen LogP) is 2.23. The third-order valence-electron chi connectivity index (χ3n) is 5.68. The third kappa shape index (κ3) is 5.13. The Hall–Kier alpha value is -3.26. The van der Waals surface area contributed by atoms with Gasteiger partial charge in [0.2, 0.25) is 17.6 Å². The number of carbonyl (C=O) groups is 2. The molecule has 1 fully saturated rings. The molecular formula is C24H30N2O6. The molecule has 172 valence electrons. The summed E-state index contributed by atoms with van der Waals surface area (Å²) in [5, 5.41) is 13.0. The molecule has 0 saturated carbocycles. The first-order valence-electron chi connectivity index (χ1n) is 10.5. The topological polar surface area (TPSA) is 97.3 Å². The number of aliphatic hydroxyl groups is 1. The lowest BCUT2D eigenvalue weighted by molar-refractivity contribution is -0.126. The molecule has 0 radical (unpaired) electrons. The Kier molecular flexibility index (Phi) is 7.58. The van der Waals surface area contributed by atoms with Crippen LogP contribution in [-0.2, 0) is 9.59 Å². The van der Waals surface area contributed by atoms with Crippen molar-refractivity contribution < 1.29 is 28.9 Å². The van der Waals surface area contributed by atoms with Crippen molar-refractivity contribution in [3.63, 3.8) is 0 Å². The lowest BCUT2D eigenvalue weighted by Crippen LogP contribution is -2.39. The molecule has 2 amide bonds. The van der Waals surface area contributed by atoms with Gasteiger partial charge in [-0.1, -0.05) is 18.2 Å². The van der Waals surface area contributed by atoms with Gasteiger partial charge in [0.1, 0.15) is 12.7 Å². The van der Waals surface area contributed by atoms with Crippen molar-refractivity contribution >= 4 is 17.5 Å². The number of benzene rings is 2. The van der Waals surface area contributed by atoms with Crippen LogP contribution in [0.2, 0.25) is 0 Å². The Balaban J connectivity index is 1.53. The molecule has 32 heavy (non-hydrogen) atoms. The first kappa shape index (κ1) is 23.4. The van der Waals surface area contributed by atoms with Crippen molar-refractivity contribution in [2.45, 2.75) is 26.4 Å². The molecule has 3 rings (SSSR count). The Bertz CT molecular complexity index is 955. The minimum absolute atomic E-state index is 0.00443. The summed E-state index contributed by atoms with van der Waals surface area (Å²) in [6.45, 7) is 4.23. The molecule has 0 aromatic heterocycles. The number of amides is 2. The van der Waals surface area contributed by atoms with Crippen molar-refractivity contribution in [2.24, 2.45) is 5.92 Å². The minimum atomic E-state index is -0.944. The number of hydrogen-bond donors (Lipinski definition) is 2. The van der Waals surface area contributed by atoms with Gasteiger partial charge >= 0.3 is 0 Å². The summed E-state index contributed by atoms with van der Waals surface area (Å²) in [5.41, 5.74) is 2.96. The molecule has 8 heteroatoms. The van der Waals surface area contributed by atoms with Gasteiger partial charge < -0.3 is 29.5 Å². The lowest BCUT2D eigenvalue weighted by atomic mass is 10.1. The van der Waals surface area contributed by atoms with E-state index in [1.165, 1.54) is 14.2 Å². The number of hydrogen-bond acceptors (Lipinski definition) is 6. The highest BCUT2D eigenvalue weighted by Gasteiger charge is 2.35. The fourth-order valence-corrected chi connectivity index (χ4v) is 3.70. The first-order valence-corrected chi connectivity index (χ1v) is 10.5. The van der Waals surface area contributed by atoms with Crippen molar-refractivity contribution in [1.29, 1.82) is 0 Å². The number of aliphatic hydroxyl groups excluding tert-OH is 1. The molecule has 2 aromatic carbocycles. The van der Waals surface area contributed by atoms with Gasteiger partial charge in [0.05, 0.1) is 20.1 Å². The maximum atomic E-state index is 12.6. The van der Waals surface area contributed by atoms with Gasteiger partial charge in [0, 0.05) is 25.2 Å². The van der Waals surface area contributed by atoms with E-state index in [2.05, 4.69) is 5.32 Å². The van der Waals surface area contributed by atoms with Crippen LogP contribution in [0.1, 0.15) is 17.5 Å². The van der Waals surface area contributed by atoms with Crippen LogP contribution in [0.3, 0.4) is 0 Å². The highest BCUT2D eigenvalue weighted by atomic mass is 16.5. The predicted molar refractivity (Wildman–Crippen MR) is 120 cm³/mol. The minimum Gasteiger partial charge on any atom is -0.493 e. The van der Waals surface area contributed by atoms with Crippen molar-refractivity contribution in [3.05, 3.63) is 47.5 Å². The maximum Gasteiger partial charge on any atom is 0.227 e. The summed E-state index contributed by atoms with van der Waals surface area (Å²) in [5.74, 6) is 0.539. The molecule has 2 unspecified atom stereocenters. The molecule has 2 aromatic rings. The van der Waals surface area contributed by atoms with Gasteiger partial charge in [-0.25, -0.2) is 0 Å². The van der Waals surface area contributed by atoms with Gasteiger partial charge in [-0.2, -0.15) is 0 Å². The molecule has 2 N–H and O–H groups in total. The second-order valence-electron chi connectivity index (χ2n) is 7.83. The second-order valence-corrected chi connectivity index (χ2v) is 7.83. The number of para-hydroxylation sites is 1. The Morgan fingerprint density at radius 3 is 2.47 bits per heavy atom. The van der Waals surface area contributed by atoms with Crippen LogP contribution in [0.4, 0.5) is 5.69 Å². The maximum absolute atomic E-state index is 12.6. The average molecular weight is 443 g/mol. The van der Waals surface area contributed by atoms with Crippen LogP contribution in [0.5, 0.6) is 17.2 Å². The third-order valence-corrected chi connectivity index (χ3v) is 5.68. The van der Waals surface area contributed by atoms with E-state index in [0.717, 1.165) is 16.8 Å². The molecule has 0 aliphatic carbocycles. The van der Waals surface area contributed by atoms with Crippen LogP contribution >= 0.6 is 0 Å². The quantitative estimate of drug-likeness (QED) is 0.618. The number of methoxy groups -OCH3 is 2. The van der Waals surface area contributed by atoms with E-state index >= 15 is 0 Å². The molecule has 1 heterocycles. The smallest absolute Gasteiger partial charge is 0.227 e. The molecule has 1 aliphatic heterocycles. The fourth-order valence-electron chi connectivity index (χ4n) is 3.70. The fraction of sp³-hybridized carbons (Fsp3) is 0.417. The van der Waals surface area contributed by atoms with Crippen LogP contribution in [0, 0.1) is 19.8 Å². The van der Waals surface area contributed by atoms with Gasteiger partial charge in [0.15, 0.2) is 11.5 Å². The van der Waals surface area contributed by atoms with Crippen molar-refractivity contribution in [3.8, 4) is 17.2 Å². The summed E-state index contributed by atoms with van der Waals surface area (Å²) < 4.78 is 16.2. The number of nitrogens with zero attached hydrogens (tertiary/aromatic N) is 1. The highest BCUT2D eigenvalue weighted by Crippen LogP contribution is 2.36. The van der Waals surface area contributed by atoms with Crippen LogP contribution in [-0.4, -0.2) is 56.9 Å². The largest absolute Gasteiger partial charge is 0.493 e. The van der Waals surface area contributed by atoms with Crippen LogP contribution in [0.25, 0.3) is 0 Å². The molecule has 0 spiro atoms. The van der Waals surface area contributed by atoms with Gasteiger partial charge in [-0.3, -0.25) is 9.59 Å². The van der Waals surface area contributed by atoms with Crippen LogP contribution in [0.15, 0.2) is 36.4 Å². The zero-order chi connectivity index (χ0) is 23.3. The number of rotatable bonds is 9. The van der Waals surface area contributed by atoms with Crippen molar-refractivity contribution in [1.82, 2.24) is 5.32 Å². The number of ether oxygens (including phenoxy) is 3. The van der Waals surface area contributed by atoms with Crippen LogP contribution < -0.4 is 24.4 Å². The molecule has 0 bridgehead atoms. The number of anilines is 1. The Morgan fingerprint density at radius 2 is 1.81 bits per heavy atom. The first-order chi connectivity index (χ1) is 15.3. The molecule has 8 nitrogen and oxygen atoms in total. The molecule has 2 atom stereocenters. The van der Waals surface area contributed by atoms with E-state index in [4.69, 9.17) is 14.2 Å². The summed E-state index contributed by atoms with van der Waals surface area (Å²) >= 11 is 0.